The van der Waals surface area contributed by atoms with Crippen LogP contribution in [0.15, 0.2) is 24.3 Å². The van der Waals surface area contributed by atoms with Crippen molar-refractivity contribution < 1.29 is 19.1 Å². The van der Waals surface area contributed by atoms with Crippen LogP contribution in [0.5, 0.6) is 5.75 Å². The number of carbonyl (C=O) groups excluding carboxylic acids is 2. The van der Waals surface area contributed by atoms with Gasteiger partial charge in [0, 0.05) is 5.56 Å². The smallest absolute Gasteiger partial charge is 0.308 e. The van der Waals surface area contributed by atoms with Crippen LogP contribution >= 0.6 is 0 Å². The molecule has 0 N–H and O–H groups in total. The topological polar surface area (TPSA) is 52.6 Å². The zero-order valence-corrected chi connectivity index (χ0v) is 9.36. The minimum Gasteiger partial charge on any atom is -0.493 e. The molecule has 16 heavy (non-hydrogen) atoms. The number of benzene rings is 1. The largest absolute Gasteiger partial charge is 0.493 e. The van der Waals surface area contributed by atoms with E-state index < -0.39 is 0 Å². The highest BCUT2D eigenvalue weighted by Gasteiger charge is 2.03. The van der Waals surface area contributed by atoms with Crippen molar-refractivity contribution in [3.05, 3.63) is 29.8 Å². The van der Waals surface area contributed by atoms with Crippen LogP contribution in [0.2, 0.25) is 0 Å². The molecule has 0 bridgehead atoms. The zero-order chi connectivity index (χ0) is 12.0. The number of Topliss-reactive ketones (excluding diaryl/α,β-unsaturated/α-hetero) is 1. The van der Waals surface area contributed by atoms with Crippen LogP contribution < -0.4 is 4.74 Å². The molecule has 0 spiro atoms. The number of carbonyl (C=O) groups is 2. The van der Waals surface area contributed by atoms with Gasteiger partial charge in [-0.05, 0) is 19.1 Å². The van der Waals surface area contributed by atoms with E-state index >= 15 is 0 Å². The van der Waals surface area contributed by atoms with E-state index in [9.17, 15) is 9.59 Å². The van der Waals surface area contributed by atoms with E-state index in [4.69, 9.17) is 4.74 Å². The van der Waals surface area contributed by atoms with Crippen LogP contribution in [0.1, 0.15) is 23.7 Å². The fourth-order valence-electron chi connectivity index (χ4n) is 1.16. The Morgan fingerprint density at radius 1 is 1.31 bits per heavy atom. The van der Waals surface area contributed by atoms with Gasteiger partial charge in [-0.15, -0.1) is 0 Å². The van der Waals surface area contributed by atoms with Crippen molar-refractivity contribution in [3.8, 4) is 5.75 Å². The molecule has 0 aliphatic rings. The van der Waals surface area contributed by atoms with E-state index in [0.717, 1.165) is 0 Å². The quantitative estimate of drug-likeness (QED) is 0.563. The van der Waals surface area contributed by atoms with Gasteiger partial charge in [-0.25, -0.2) is 0 Å². The van der Waals surface area contributed by atoms with Crippen molar-refractivity contribution >= 4 is 11.8 Å². The molecule has 0 saturated heterocycles. The van der Waals surface area contributed by atoms with Gasteiger partial charge in [0.15, 0.2) is 5.78 Å². The predicted octanol–water partition coefficient (Wildman–Crippen LogP) is 1.83. The van der Waals surface area contributed by atoms with Gasteiger partial charge in [-0.1, -0.05) is 12.1 Å². The van der Waals surface area contributed by atoms with Crippen molar-refractivity contribution in [2.45, 2.75) is 13.3 Å². The van der Waals surface area contributed by atoms with Crippen LogP contribution in [-0.2, 0) is 9.53 Å². The van der Waals surface area contributed by atoms with E-state index in [1.54, 1.807) is 24.3 Å². The summed E-state index contributed by atoms with van der Waals surface area (Å²) in [6.07, 6.45) is 0.195. The Hall–Kier alpha value is -1.84. The maximum Gasteiger partial charge on any atom is 0.308 e. The number of esters is 1. The van der Waals surface area contributed by atoms with Crippen molar-refractivity contribution in [3.63, 3.8) is 0 Å². The average Bonchev–Trinajstić information content (AvgIpc) is 2.29. The van der Waals surface area contributed by atoms with Gasteiger partial charge < -0.3 is 9.47 Å². The summed E-state index contributed by atoms with van der Waals surface area (Å²) < 4.78 is 9.79. The highest BCUT2D eigenvalue weighted by atomic mass is 16.5. The second-order valence-electron chi connectivity index (χ2n) is 3.26. The second kappa shape index (κ2) is 5.90. The third-order valence-corrected chi connectivity index (χ3v) is 2.04. The summed E-state index contributed by atoms with van der Waals surface area (Å²) in [5, 5.41) is 0. The van der Waals surface area contributed by atoms with Gasteiger partial charge in [0.1, 0.15) is 5.75 Å². The molecule has 0 saturated carbocycles. The van der Waals surface area contributed by atoms with Crippen molar-refractivity contribution in [1.82, 2.24) is 0 Å². The Morgan fingerprint density at radius 3 is 2.69 bits per heavy atom. The first kappa shape index (κ1) is 12.2. The van der Waals surface area contributed by atoms with E-state index in [2.05, 4.69) is 4.74 Å². The Morgan fingerprint density at radius 2 is 2.06 bits per heavy atom. The fourth-order valence-corrected chi connectivity index (χ4v) is 1.16. The minimum absolute atomic E-state index is 0.0154. The Bertz CT molecular complexity index is 384. The monoisotopic (exact) mass is 222 g/mol. The standard InChI is InChI=1S/C12H14O4/c1-9(13)10-4-3-5-11(8-10)16-7-6-12(14)15-2/h3-5,8H,6-7H2,1-2H3. The molecular weight excluding hydrogens is 208 g/mol. The average molecular weight is 222 g/mol. The molecule has 4 nitrogen and oxygen atoms in total. The molecular formula is C12H14O4. The van der Waals surface area contributed by atoms with Crippen LogP contribution in [-0.4, -0.2) is 25.5 Å². The summed E-state index contributed by atoms with van der Waals surface area (Å²) in [5.74, 6) is 0.248. The molecule has 0 fully saturated rings. The lowest BCUT2D eigenvalue weighted by molar-refractivity contribution is -0.141. The highest BCUT2D eigenvalue weighted by Crippen LogP contribution is 2.13. The van der Waals surface area contributed by atoms with Gasteiger partial charge >= 0.3 is 5.97 Å². The molecule has 0 heterocycles. The predicted molar refractivity (Wildman–Crippen MR) is 58.6 cm³/mol. The summed E-state index contributed by atoms with van der Waals surface area (Å²) >= 11 is 0. The molecule has 0 amide bonds. The first-order valence-electron chi connectivity index (χ1n) is 4.94. The van der Waals surface area contributed by atoms with Gasteiger partial charge in [0.2, 0.25) is 0 Å². The molecule has 0 radical (unpaired) electrons. The molecule has 0 aromatic heterocycles. The fraction of sp³-hybridized carbons (Fsp3) is 0.333. The normalized spacial score (nSPS) is 9.62. The molecule has 1 rings (SSSR count). The lowest BCUT2D eigenvalue weighted by atomic mass is 10.1. The third-order valence-electron chi connectivity index (χ3n) is 2.04. The first-order valence-corrected chi connectivity index (χ1v) is 4.94. The molecule has 0 atom stereocenters. The van der Waals surface area contributed by atoms with Crippen LogP contribution in [0.3, 0.4) is 0 Å². The molecule has 0 aliphatic heterocycles. The molecule has 1 aromatic rings. The third kappa shape index (κ3) is 3.73. The van der Waals surface area contributed by atoms with Crippen molar-refractivity contribution in [1.29, 1.82) is 0 Å². The summed E-state index contributed by atoms with van der Waals surface area (Å²) in [7, 11) is 1.33. The number of rotatable bonds is 5. The SMILES string of the molecule is COC(=O)CCOc1cccc(C(C)=O)c1. The van der Waals surface area contributed by atoms with Crippen molar-refractivity contribution in [2.24, 2.45) is 0 Å². The van der Waals surface area contributed by atoms with Gasteiger partial charge in [0.05, 0.1) is 20.1 Å². The maximum atomic E-state index is 11.1. The summed E-state index contributed by atoms with van der Waals surface area (Å²) in [5.41, 5.74) is 0.593. The van der Waals surface area contributed by atoms with Gasteiger partial charge in [-0.3, -0.25) is 9.59 Å². The van der Waals surface area contributed by atoms with Gasteiger partial charge in [0.25, 0.3) is 0 Å². The number of hydrogen-bond acceptors (Lipinski definition) is 4. The Balaban J connectivity index is 2.51. The molecule has 4 heteroatoms. The van der Waals surface area contributed by atoms with Crippen molar-refractivity contribution in [2.75, 3.05) is 13.7 Å². The summed E-state index contributed by atoms with van der Waals surface area (Å²) in [4.78, 5) is 21.9. The Kier molecular flexibility index (Phi) is 4.51. The molecule has 86 valence electrons. The number of ether oxygens (including phenoxy) is 2. The maximum absolute atomic E-state index is 11.1. The van der Waals surface area contributed by atoms with Crippen LogP contribution in [0, 0.1) is 0 Å². The first-order chi connectivity index (χ1) is 7.63. The van der Waals surface area contributed by atoms with Crippen LogP contribution in [0.25, 0.3) is 0 Å². The molecule has 0 unspecified atom stereocenters. The highest BCUT2D eigenvalue weighted by molar-refractivity contribution is 5.94. The summed E-state index contributed by atoms with van der Waals surface area (Å²) in [6.45, 7) is 1.74. The van der Waals surface area contributed by atoms with Crippen LogP contribution in [0.4, 0.5) is 0 Å². The van der Waals surface area contributed by atoms with E-state index in [-0.39, 0.29) is 24.8 Å². The zero-order valence-electron chi connectivity index (χ0n) is 9.36. The lowest BCUT2D eigenvalue weighted by Gasteiger charge is -2.06. The lowest BCUT2D eigenvalue weighted by Crippen LogP contribution is -2.07. The number of hydrogen-bond donors (Lipinski definition) is 0. The second-order valence-corrected chi connectivity index (χ2v) is 3.26. The minimum atomic E-state index is -0.317. The van der Waals surface area contributed by atoms with E-state index in [1.807, 2.05) is 0 Å². The number of methoxy groups -OCH3 is 1. The van der Waals surface area contributed by atoms with Gasteiger partial charge in [-0.2, -0.15) is 0 Å². The van der Waals surface area contributed by atoms with E-state index in [1.165, 1.54) is 14.0 Å². The Labute approximate surface area is 94.2 Å². The number of ketones is 1. The molecule has 0 aliphatic carbocycles. The molecule has 1 aromatic carbocycles. The van der Waals surface area contributed by atoms with E-state index in [0.29, 0.717) is 11.3 Å². The summed E-state index contributed by atoms with van der Waals surface area (Å²) in [6, 6.07) is 6.85.